The maximum absolute atomic E-state index is 12.3. The molecule has 0 saturated heterocycles. The van der Waals surface area contributed by atoms with Crippen LogP contribution in [0.25, 0.3) is 0 Å². The Morgan fingerprint density at radius 3 is 2.19 bits per heavy atom. The van der Waals surface area contributed by atoms with Gasteiger partial charge in [0.2, 0.25) is 0 Å². The maximum Gasteiger partial charge on any atom is 0.306 e. The summed E-state index contributed by atoms with van der Waals surface area (Å²) < 4.78 is 15.8. The van der Waals surface area contributed by atoms with Crippen LogP contribution in [0.2, 0.25) is 0 Å². The molecule has 0 bridgehead atoms. The zero-order valence-electron chi connectivity index (χ0n) is 16.6. The molecule has 0 spiro atoms. The van der Waals surface area contributed by atoms with E-state index in [1.165, 1.54) is 12.8 Å². The number of carbonyl (C=O) groups is 2. The van der Waals surface area contributed by atoms with Crippen molar-refractivity contribution in [2.75, 3.05) is 14.2 Å². The summed E-state index contributed by atoms with van der Waals surface area (Å²) in [6.45, 7) is 1.62. The van der Waals surface area contributed by atoms with Gasteiger partial charge in [0.15, 0.2) is 6.10 Å². The normalized spacial score (nSPS) is 16.1. The van der Waals surface area contributed by atoms with E-state index in [1.54, 1.807) is 27.2 Å². The van der Waals surface area contributed by atoms with E-state index in [0.29, 0.717) is 17.9 Å². The first-order valence-electron chi connectivity index (χ1n) is 9.73. The van der Waals surface area contributed by atoms with Gasteiger partial charge >= 0.3 is 5.97 Å². The van der Waals surface area contributed by atoms with Crippen molar-refractivity contribution in [3.05, 3.63) is 23.8 Å². The average molecular weight is 377 g/mol. The molecule has 1 saturated carbocycles. The Labute approximate surface area is 161 Å². The van der Waals surface area contributed by atoms with Crippen LogP contribution in [0, 0.1) is 0 Å². The molecule has 0 radical (unpaired) electrons. The third-order valence-electron chi connectivity index (χ3n) is 4.91. The van der Waals surface area contributed by atoms with Crippen LogP contribution in [0.4, 0.5) is 0 Å². The molecule has 0 aliphatic heterocycles. The van der Waals surface area contributed by atoms with E-state index < -0.39 is 6.10 Å². The van der Waals surface area contributed by atoms with Crippen molar-refractivity contribution in [2.45, 2.75) is 70.4 Å². The van der Waals surface area contributed by atoms with Crippen molar-refractivity contribution in [3.63, 3.8) is 0 Å². The highest BCUT2D eigenvalue weighted by Gasteiger charge is 2.21. The summed E-state index contributed by atoms with van der Waals surface area (Å²) in [4.78, 5) is 24.4. The molecule has 1 amide bonds. The Balaban J connectivity index is 1.79. The summed E-state index contributed by atoms with van der Waals surface area (Å²) in [6.07, 6.45) is 6.65. The summed E-state index contributed by atoms with van der Waals surface area (Å²) >= 11 is 0. The summed E-state index contributed by atoms with van der Waals surface area (Å²) in [7, 11) is 3.17. The zero-order chi connectivity index (χ0) is 19.6. The van der Waals surface area contributed by atoms with Crippen molar-refractivity contribution in [3.8, 4) is 11.5 Å². The van der Waals surface area contributed by atoms with Gasteiger partial charge in [-0.3, -0.25) is 9.59 Å². The molecule has 1 N–H and O–H groups in total. The third kappa shape index (κ3) is 7.12. The van der Waals surface area contributed by atoms with Crippen LogP contribution in [0.3, 0.4) is 0 Å². The second kappa shape index (κ2) is 10.8. The molecule has 0 aromatic heterocycles. The van der Waals surface area contributed by atoms with Crippen molar-refractivity contribution in [2.24, 2.45) is 0 Å². The minimum atomic E-state index is -0.777. The topological polar surface area (TPSA) is 73.9 Å². The smallest absolute Gasteiger partial charge is 0.306 e. The lowest BCUT2D eigenvalue weighted by molar-refractivity contribution is -0.155. The van der Waals surface area contributed by atoms with Crippen LogP contribution in [-0.2, 0) is 20.7 Å². The minimum Gasteiger partial charge on any atom is -0.497 e. The molecule has 6 nitrogen and oxygen atoms in total. The first-order chi connectivity index (χ1) is 13.0. The highest BCUT2D eigenvalue weighted by Crippen LogP contribution is 2.23. The van der Waals surface area contributed by atoms with Crippen LogP contribution < -0.4 is 14.8 Å². The molecule has 1 aliphatic rings. The highest BCUT2D eigenvalue weighted by atomic mass is 16.5. The number of esters is 1. The molecule has 27 heavy (non-hydrogen) atoms. The molecule has 1 atom stereocenters. The van der Waals surface area contributed by atoms with Gasteiger partial charge in [0.25, 0.3) is 5.91 Å². The Morgan fingerprint density at radius 2 is 1.63 bits per heavy atom. The van der Waals surface area contributed by atoms with Gasteiger partial charge in [0, 0.05) is 18.5 Å². The first-order valence-corrected chi connectivity index (χ1v) is 9.73. The van der Waals surface area contributed by atoms with E-state index in [0.717, 1.165) is 31.2 Å². The predicted molar refractivity (Wildman–Crippen MR) is 103 cm³/mol. The molecule has 0 heterocycles. The maximum atomic E-state index is 12.3. The summed E-state index contributed by atoms with van der Waals surface area (Å²) in [5.74, 6) is 0.751. The monoisotopic (exact) mass is 377 g/mol. The van der Waals surface area contributed by atoms with Gasteiger partial charge in [-0.15, -0.1) is 0 Å². The van der Waals surface area contributed by atoms with Crippen LogP contribution in [0.5, 0.6) is 11.5 Å². The molecule has 1 fully saturated rings. The zero-order valence-corrected chi connectivity index (χ0v) is 16.6. The Bertz CT molecular complexity index is 601. The highest BCUT2D eigenvalue weighted by molar-refractivity contribution is 5.83. The van der Waals surface area contributed by atoms with E-state index in [-0.39, 0.29) is 24.3 Å². The summed E-state index contributed by atoms with van der Waals surface area (Å²) in [5, 5.41) is 3.02. The fourth-order valence-electron chi connectivity index (χ4n) is 3.31. The fraction of sp³-hybridized carbons (Fsp3) is 0.619. The number of methoxy groups -OCH3 is 2. The van der Waals surface area contributed by atoms with Gasteiger partial charge in [-0.05, 0) is 43.9 Å². The van der Waals surface area contributed by atoms with E-state index in [2.05, 4.69) is 5.32 Å². The largest absolute Gasteiger partial charge is 0.497 e. The summed E-state index contributed by atoms with van der Waals surface area (Å²) in [5.41, 5.74) is 0.915. The standard InChI is InChI=1S/C21H31NO5/c1-15(21(24)22-17-8-6-4-5-7-9-17)27-20(23)11-10-16-12-18(25-2)14-19(13-16)26-3/h12-15,17H,4-11H2,1-3H3,(H,22,24)/t15-/m0/s1. The molecule has 1 aromatic rings. The third-order valence-corrected chi connectivity index (χ3v) is 4.91. The van der Waals surface area contributed by atoms with Gasteiger partial charge in [-0.2, -0.15) is 0 Å². The van der Waals surface area contributed by atoms with Crippen molar-refractivity contribution in [1.82, 2.24) is 5.32 Å². The number of hydrogen-bond donors (Lipinski definition) is 1. The predicted octanol–water partition coefficient (Wildman–Crippen LogP) is 3.41. The lowest BCUT2D eigenvalue weighted by Crippen LogP contribution is -2.41. The van der Waals surface area contributed by atoms with E-state index in [1.807, 2.05) is 12.1 Å². The van der Waals surface area contributed by atoms with Gasteiger partial charge in [0.1, 0.15) is 11.5 Å². The van der Waals surface area contributed by atoms with E-state index >= 15 is 0 Å². The Morgan fingerprint density at radius 1 is 1.04 bits per heavy atom. The van der Waals surface area contributed by atoms with Gasteiger partial charge in [0.05, 0.1) is 14.2 Å². The average Bonchev–Trinajstić information content (AvgIpc) is 2.94. The quantitative estimate of drug-likeness (QED) is 0.555. The molecular weight excluding hydrogens is 346 g/mol. The van der Waals surface area contributed by atoms with Crippen molar-refractivity contribution in [1.29, 1.82) is 0 Å². The van der Waals surface area contributed by atoms with Crippen LogP contribution in [0.15, 0.2) is 18.2 Å². The minimum absolute atomic E-state index is 0.192. The van der Waals surface area contributed by atoms with Crippen LogP contribution in [0.1, 0.15) is 57.4 Å². The van der Waals surface area contributed by atoms with Gasteiger partial charge in [-0.25, -0.2) is 0 Å². The van der Waals surface area contributed by atoms with E-state index in [9.17, 15) is 9.59 Å². The molecular formula is C21H31NO5. The molecule has 6 heteroatoms. The molecule has 0 unspecified atom stereocenters. The van der Waals surface area contributed by atoms with Crippen LogP contribution in [-0.4, -0.2) is 38.2 Å². The lowest BCUT2D eigenvalue weighted by Gasteiger charge is -2.19. The number of ether oxygens (including phenoxy) is 3. The van der Waals surface area contributed by atoms with Crippen molar-refractivity contribution < 1.29 is 23.8 Å². The molecule has 1 aromatic carbocycles. The lowest BCUT2D eigenvalue weighted by atomic mass is 10.1. The number of amides is 1. The molecule has 1 aliphatic carbocycles. The fourth-order valence-corrected chi connectivity index (χ4v) is 3.31. The second-order valence-electron chi connectivity index (χ2n) is 7.05. The first kappa shape index (κ1) is 21.1. The summed E-state index contributed by atoms with van der Waals surface area (Å²) in [6, 6.07) is 5.70. The van der Waals surface area contributed by atoms with Gasteiger partial charge < -0.3 is 19.5 Å². The second-order valence-corrected chi connectivity index (χ2v) is 7.05. The number of benzene rings is 1. The molecule has 150 valence electrons. The Kier molecular flexibility index (Phi) is 8.43. The Hall–Kier alpha value is -2.24. The molecule has 2 rings (SSSR count). The SMILES string of the molecule is COc1cc(CCC(=O)O[C@@H](C)C(=O)NC2CCCCCC2)cc(OC)c1. The number of nitrogens with one attached hydrogen (secondary N) is 1. The van der Waals surface area contributed by atoms with Gasteiger partial charge in [-0.1, -0.05) is 25.7 Å². The van der Waals surface area contributed by atoms with Crippen LogP contribution >= 0.6 is 0 Å². The number of carbonyl (C=O) groups excluding carboxylic acids is 2. The number of aryl methyl sites for hydroxylation is 1. The van der Waals surface area contributed by atoms with E-state index in [4.69, 9.17) is 14.2 Å². The van der Waals surface area contributed by atoms with Crippen molar-refractivity contribution >= 4 is 11.9 Å². The number of rotatable bonds is 8. The number of hydrogen-bond acceptors (Lipinski definition) is 5.